The smallest absolute Gasteiger partial charge is 0.164 e. The zero-order valence-corrected chi connectivity index (χ0v) is 30.0. The summed E-state index contributed by atoms with van der Waals surface area (Å²) in [6.45, 7) is 0. The highest BCUT2D eigenvalue weighted by Gasteiger charge is 2.50. The summed E-state index contributed by atoms with van der Waals surface area (Å²) in [5.74, 6) is 1.95. The highest BCUT2D eigenvalue weighted by Crippen LogP contribution is 2.63. The van der Waals surface area contributed by atoms with Crippen LogP contribution in [0.25, 0.3) is 67.2 Å². The molecule has 1 aliphatic carbocycles. The summed E-state index contributed by atoms with van der Waals surface area (Å²) in [6, 6.07) is 67.4. The van der Waals surface area contributed by atoms with E-state index in [0.717, 1.165) is 33.0 Å². The van der Waals surface area contributed by atoms with Crippen molar-refractivity contribution in [3.8, 4) is 56.4 Å². The van der Waals surface area contributed by atoms with E-state index in [1.54, 1.807) is 0 Å². The van der Waals surface area contributed by atoms with E-state index in [1.807, 2.05) is 30.0 Å². The molecule has 0 saturated heterocycles. The average molecular weight is 706 g/mol. The van der Waals surface area contributed by atoms with Crippen molar-refractivity contribution in [2.24, 2.45) is 0 Å². The largest absolute Gasteiger partial charge is 0.208 e. The lowest BCUT2D eigenvalue weighted by atomic mass is 9.67. The van der Waals surface area contributed by atoms with Crippen molar-refractivity contribution < 1.29 is 0 Å². The van der Waals surface area contributed by atoms with Gasteiger partial charge in [0, 0.05) is 26.5 Å². The van der Waals surface area contributed by atoms with Gasteiger partial charge in [-0.25, -0.2) is 15.0 Å². The minimum Gasteiger partial charge on any atom is -0.208 e. The fourth-order valence-corrected chi connectivity index (χ4v) is 10.0. The average Bonchev–Trinajstić information content (AvgIpc) is 3.54. The molecule has 2 heterocycles. The van der Waals surface area contributed by atoms with Crippen molar-refractivity contribution in [3.05, 3.63) is 210 Å². The van der Waals surface area contributed by atoms with Crippen LogP contribution in [0, 0.1) is 0 Å². The van der Waals surface area contributed by atoms with E-state index < -0.39 is 5.41 Å². The minimum absolute atomic E-state index is 0.426. The highest BCUT2D eigenvalue weighted by molar-refractivity contribution is 7.99. The van der Waals surface area contributed by atoms with Crippen LogP contribution >= 0.6 is 11.8 Å². The maximum Gasteiger partial charge on any atom is 0.164 e. The highest BCUT2D eigenvalue weighted by atomic mass is 32.2. The van der Waals surface area contributed by atoms with Crippen LogP contribution in [0.4, 0.5) is 0 Å². The molecule has 1 spiro atoms. The Bertz CT molecular complexity index is 2880. The second-order valence-electron chi connectivity index (χ2n) is 13.9. The molecule has 252 valence electrons. The number of fused-ring (bicyclic) bond motifs is 10. The second kappa shape index (κ2) is 12.2. The van der Waals surface area contributed by atoms with E-state index >= 15 is 0 Å². The van der Waals surface area contributed by atoms with Gasteiger partial charge < -0.3 is 0 Å². The van der Waals surface area contributed by atoms with Crippen LogP contribution in [0.15, 0.2) is 198 Å². The lowest BCUT2D eigenvalue weighted by Crippen LogP contribution is -2.32. The molecule has 0 N–H and O–H groups in total. The molecular formula is C50H31N3S. The van der Waals surface area contributed by atoms with E-state index in [0.29, 0.717) is 17.5 Å². The summed E-state index contributed by atoms with van der Waals surface area (Å²) in [5.41, 5.74) is 12.7. The Morgan fingerprint density at radius 3 is 1.69 bits per heavy atom. The molecule has 0 bridgehead atoms. The van der Waals surface area contributed by atoms with Crippen LogP contribution in [-0.4, -0.2) is 15.0 Å². The summed E-state index contributed by atoms with van der Waals surface area (Å²) in [4.78, 5) is 17.9. The maximum atomic E-state index is 5.18. The Balaban J connectivity index is 1.11. The number of rotatable bonds is 4. The zero-order chi connectivity index (χ0) is 35.6. The molecule has 1 aromatic heterocycles. The summed E-state index contributed by atoms with van der Waals surface area (Å²) in [6.07, 6.45) is 0. The first-order valence-electron chi connectivity index (χ1n) is 18.3. The fourth-order valence-electron chi connectivity index (χ4n) is 8.69. The first-order chi connectivity index (χ1) is 26.8. The maximum absolute atomic E-state index is 5.18. The molecule has 9 aromatic rings. The van der Waals surface area contributed by atoms with Crippen molar-refractivity contribution in [2.45, 2.75) is 15.2 Å². The normalized spacial score (nSPS) is 13.3. The van der Waals surface area contributed by atoms with E-state index in [2.05, 4.69) is 170 Å². The molecular weight excluding hydrogens is 675 g/mol. The number of hydrogen-bond donors (Lipinski definition) is 0. The van der Waals surface area contributed by atoms with Gasteiger partial charge in [-0.15, -0.1) is 0 Å². The second-order valence-corrected chi connectivity index (χ2v) is 15.0. The summed E-state index contributed by atoms with van der Waals surface area (Å²) in [7, 11) is 0. The Hall–Kier alpha value is -6.62. The minimum atomic E-state index is -0.426. The van der Waals surface area contributed by atoms with Crippen molar-refractivity contribution in [3.63, 3.8) is 0 Å². The number of aromatic nitrogens is 3. The van der Waals surface area contributed by atoms with Gasteiger partial charge in [0.2, 0.25) is 0 Å². The van der Waals surface area contributed by atoms with Crippen molar-refractivity contribution in [2.75, 3.05) is 0 Å². The first kappa shape index (κ1) is 31.0. The van der Waals surface area contributed by atoms with Crippen LogP contribution in [0.5, 0.6) is 0 Å². The third-order valence-electron chi connectivity index (χ3n) is 11.0. The van der Waals surface area contributed by atoms with Gasteiger partial charge in [-0.05, 0) is 67.4 Å². The quantitative estimate of drug-likeness (QED) is 0.183. The van der Waals surface area contributed by atoms with Gasteiger partial charge in [-0.2, -0.15) is 0 Å². The molecule has 2 aliphatic rings. The lowest BCUT2D eigenvalue weighted by Gasteiger charge is -2.40. The standard InChI is InChI=1S/C50H31N3S/c1-2-16-33(17-3-1)47-51-48(53-49(52-47)40-25-13-18-32-15-4-5-21-36(32)40)35-20-12-19-34(31-35)37-24-14-29-44-46(37)54-45-30-11-10-28-43(45)50(44)41-26-8-6-22-38(41)39-23-7-9-27-42(39)50/h1-31H. The summed E-state index contributed by atoms with van der Waals surface area (Å²) < 4.78 is 0. The molecule has 0 saturated carbocycles. The molecule has 0 fully saturated rings. The monoisotopic (exact) mass is 705 g/mol. The first-order valence-corrected chi connectivity index (χ1v) is 19.1. The molecule has 11 rings (SSSR count). The van der Waals surface area contributed by atoms with Crippen LogP contribution in [-0.2, 0) is 5.41 Å². The summed E-state index contributed by atoms with van der Waals surface area (Å²) >= 11 is 1.88. The van der Waals surface area contributed by atoms with Gasteiger partial charge in [0.1, 0.15) is 0 Å². The van der Waals surface area contributed by atoms with E-state index in [1.165, 1.54) is 48.7 Å². The van der Waals surface area contributed by atoms with E-state index in [4.69, 9.17) is 15.0 Å². The predicted octanol–water partition coefficient (Wildman–Crippen LogP) is 12.5. The number of nitrogens with zero attached hydrogens (tertiary/aromatic N) is 3. The predicted molar refractivity (Wildman–Crippen MR) is 221 cm³/mol. The van der Waals surface area contributed by atoms with Gasteiger partial charge in [0.15, 0.2) is 17.5 Å². The Morgan fingerprint density at radius 1 is 0.352 bits per heavy atom. The molecule has 4 heteroatoms. The molecule has 0 amide bonds. The van der Waals surface area contributed by atoms with Gasteiger partial charge in [-0.3, -0.25) is 0 Å². The molecule has 1 aliphatic heterocycles. The third-order valence-corrected chi connectivity index (χ3v) is 12.2. The molecule has 0 atom stereocenters. The lowest BCUT2D eigenvalue weighted by molar-refractivity contribution is 0.723. The van der Waals surface area contributed by atoms with Gasteiger partial charge in [0.05, 0.1) is 5.41 Å². The van der Waals surface area contributed by atoms with E-state index in [9.17, 15) is 0 Å². The van der Waals surface area contributed by atoms with Crippen molar-refractivity contribution >= 4 is 22.5 Å². The number of benzene rings is 8. The van der Waals surface area contributed by atoms with Crippen molar-refractivity contribution in [1.82, 2.24) is 15.0 Å². The topological polar surface area (TPSA) is 38.7 Å². The Labute approximate surface area is 318 Å². The summed E-state index contributed by atoms with van der Waals surface area (Å²) in [5, 5.41) is 2.26. The Morgan fingerprint density at radius 2 is 0.870 bits per heavy atom. The van der Waals surface area contributed by atoms with Crippen LogP contribution in [0.1, 0.15) is 22.3 Å². The SMILES string of the molecule is c1ccc(-c2nc(-c3cccc(-c4cccc5c4Sc4ccccc4C54c5ccccc5-c5ccccc54)c3)nc(-c3cccc4ccccc34)n2)cc1. The zero-order valence-electron chi connectivity index (χ0n) is 29.1. The number of hydrogen-bond acceptors (Lipinski definition) is 4. The Kier molecular flexibility index (Phi) is 7.01. The van der Waals surface area contributed by atoms with Gasteiger partial charge in [-0.1, -0.05) is 188 Å². The fraction of sp³-hybridized carbons (Fsp3) is 0.0200. The van der Waals surface area contributed by atoms with Crippen LogP contribution in [0.2, 0.25) is 0 Å². The molecule has 54 heavy (non-hydrogen) atoms. The van der Waals surface area contributed by atoms with Gasteiger partial charge >= 0.3 is 0 Å². The molecule has 0 unspecified atom stereocenters. The molecule has 0 radical (unpaired) electrons. The van der Waals surface area contributed by atoms with Crippen LogP contribution in [0.3, 0.4) is 0 Å². The van der Waals surface area contributed by atoms with Crippen molar-refractivity contribution in [1.29, 1.82) is 0 Å². The van der Waals surface area contributed by atoms with E-state index in [-0.39, 0.29) is 0 Å². The molecule has 8 aromatic carbocycles. The van der Waals surface area contributed by atoms with Gasteiger partial charge in [0.25, 0.3) is 0 Å². The van der Waals surface area contributed by atoms with Crippen LogP contribution < -0.4 is 0 Å². The third kappa shape index (κ3) is 4.60. The molecule has 3 nitrogen and oxygen atoms in total.